The topological polar surface area (TPSA) is 64.4 Å². The number of benzene rings is 2. The Morgan fingerprint density at radius 2 is 1.90 bits per heavy atom. The van der Waals surface area contributed by atoms with Crippen LogP contribution in [-0.2, 0) is 0 Å². The molecule has 0 amide bonds. The minimum atomic E-state index is -0.369. The second kappa shape index (κ2) is 6.34. The monoisotopic (exact) mass is 274 g/mol. The van der Waals surface area contributed by atoms with Crippen LogP contribution in [0.25, 0.3) is 10.8 Å². The first kappa shape index (κ1) is 14.3. The zero-order chi connectivity index (χ0) is 14.5. The lowest BCUT2D eigenvalue weighted by Crippen LogP contribution is -2.27. The van der Waals surface area contributed by atoms with Gasteiger partial charge in [0.15, 0.2) is 0 Å². The maximum atomic E-state index is 11.0. The van der Waals surface area contributed by atoms with Crippen LogP contribution >= 0.6 is 0 Å². The quantitative estimate of drug-likeness (QED) is 0.499. The van der Waals surface area contributed by atoms with Gasteiger partial charge in [0.25, 0.3) is 5.69 Å². The molecular weight excluding hydrogens is 256 g/mol. The van der Waals surface area contributed by atoms with E-state index in [9.17, 15) is 10.1 Å². The molecule has 0 saturated heterocycles. The van der Waals surface area contributed by atoms with Gasteiger partial charge < -0.3 is 10.1 Å². The number of rotatable bonds is 6. The summed E-state index contributed by atoms with van der Waals surface area (Å²) >= 11 is 0. The summed E-state index contributed by atoms with van der Waals surface area (Å²) in [6.45, 7) is 5.41. The van der Waals surface area contributed by atoms with Gasteiger partial charge in [0.05, 0.1) is 10.3 Å². The number of non-ortho nitro benzene ring substituents is 1. The molecule has 5 heteroatoms. The molecule has 0 fully saturated rings. The number of fused-ring (bicyclic) bond motifs is 1. The second-order valence-electron chi connectivity index (χ2n) is 4.84. The Kier molecular flexibility index (Phi) is 4.53. The highest BCUT2D eigenvalue weighted by atomic mass is 16.6. The first-order chi connectivity index (χ1) is 9.59. The average molecular weight is 274 g/mol. The van der Waals surface area contributed by atoms with Gasteiger partial charge in [-0.05, 0) is 12.1 Å². The Balaban J connectivity index is 2.22. The van der Waals surface area contributed by atoms with Gasteiger partial charge in [0.2, 0.25) is 0 Å². The maximum absolute atomic E-state index is 11.0. The van der Waals surface area contributed by atoms with Gasteiger partial charge >= 0.3 is 0 Å². The van der Waals surface area contributed by atoms with Crippen LogP contribution in [0, 0.1) is 10.1 Å². The van der Waals surface area contributed by atoms with E-state index < -0.39 is 0 Å². The van der Waals surface area contributed by atoms with Crippen molar-refractivity contribution in [2.75, 3.05) is 13.2 Å². The molecular formula is C15H18N2O3. The molecule has 0 atom stereocenters. The van der Waals surface area contributed by atoms with Crippen molar-refractivity contribution in [2.24, 2.45) is 0 Å². The molecule has 5 nitrogen and oxygen atoms in total. The Labute approximate surface area is 117 Å². The minimum Gasteiger partial charge on any atom is -0.492 e. The van der Waals surface area contributed by atoms with E-state index in [4.69, 9.17) is 4.74 Å². The van der Waals surface area contributed by atoms with Gasteiger partial charge in [0.1, 0.15) is 12.4 Å². The normalized spacial score (nSPS) is 10.9. The van der Waals surface area contributed by atoms with Crippen LogP contribution in [0.1, 0.15) is 13.8 Å². The number of nitrogens with one attached hydrogen (secondary N) is 1. The van der Waals surface area contributed by atoms with E-state index in [0.29, 0.717) is 23.8 Å². The van der Waals surface area contributed by atoms with Crippen molar-refractivity contribution in [2.45, 2.75) is 19.9 Å². The van der Waals surface area contributed by atoms with Crippen LogP contribution in [0.4, 0.5) is 5.69 Å². The SMILES string of the molecule is CC(C)NCCOc1ccc([N+](=O)[O-])c2ccccc12. The lowest BCUT2D eigenvalue weighted by Gasteiger charge is -2.11. The van der Waals surface area contributed by atoms with Crippen molar-refractivity contribution in [3.63, 3.8) is 0 Å². The molecule has 0 heterocycles. The van der Waals surface area contributed by atoms with Gasteiger partial charge in [-0.2, -0.15) is 0 Å². The predicted molar refractivity (Wildman–Crippen MR) is 79.2 cm³/mol. The molecule has 0 unspecified atom stereocenters. The highest BCUT2D eigenvalue weighted by Crippen LogP contribution is 2.32. The summed E-state index contributed by atoms with van der Waals surface area (Å²) < 4.78 is 5.72. The Morgan fingerprint density at radius 1 is 1.20 bits per heavy atom. The zero-order valence-corrected chi connectivity index (χ0v) is 11.6. The van der Waals surface area contributed by atoms with Gasteiger partial charge in [0, 0.05) is 24.0 Å². The van der Waals surface area contributed by atoms with Gasteiger partial charge in [-0.25, -0.2) is 0 Å². The molecule has 0 radical (unpaired) electrons. The molecule has 0 aliphatic rings. The third kappa shape index (κ3) is 3.24. The van der Waals surface area contributed by atoms with Crippen LogP contribution in [0.3, 0.4) is 0 Å². The summed E-state index contributed by atoms with van der Waals surface area (Å²) in [5, 5.41) is 15.6. The van der Waals surface area contributed by atoms with E-state index >= 15 is 0 Å². The average Bonchev–Trinajstić information content (AvgIpc) is 2.43. The fourth-order valence-electron chi connectivity index (χ4n) is 2.05. The van der Waals surface area contributed by atoms with E-state index in [0.717, 1.165) is 11.9 Å². The number of nitro benzene ring substituents is 1. The van der Waals surface area contributed by atoms with Crippen LogP contribution in [0.2, 0.25) is 0 Å². The van der Waals surface area contributed by atoms with E-state index in [2.05, 4.69) is 19.2 Å². The molecule has 0 spiro atoms. The van der Waals surface area contributed by atoms with Crippen molar-refractivity contribution in [3.05, 3.63) is 46.5 Å². The van der Waals surface area contributed by atoms with Crippen LogP contribution in [0.5, 0.6) is 5.75 Å². The van der Waals surface area contributed by atoms with Gasteiger partial charge in [-0.1, -0.05) is 32.0 Å². The summed E-state index contributed by atoms with van der Waals surface area (Å²) in [7, 11) is 0. The van der Waals surface area contributed by atoms with Gasteiger partial charge in [-0.3, -0.25) is 10.1 Å². The molecule has 0 aliphatic heterocycles. The molecule has 2 aromatic rings. The fourth-order valence-corrected chi connectivity index (χ4v) is 2.05. The smallest absolute Gasteiger partial charge is 0.277 e. The van der Waals surface area contributed by atoms with Crippen LogP contribution in [-0.4, -0.2) is 24.1 Å². The molecule has 0 aromatic heterocycles. The largest absolute Gasteiger partial charge is 0.492 e. The summed E-state index contributed by atoms with van der Waals surface area (Å²) in [6.07, 6.45) is 0. The molecule has 0 bridgehead atoms. The second-order valence-corrected chi connectivity index (χ2v) is 4.84. The lowest BCUT2D eigenvalue weighted by molar-refractivity contribution is -0.383. The van der Waals surface area contributed by atoms with Crippen molar-refractivity contribution >= 4 is 16.5 Å². The molecule has 0 saturated carbocycles. The van der Waals surface area contributed by atoms with Crippen molar-refractivity contribution in [1.29, 1.82) is 0 Å². The van der Waals surface area contributed by atoms with Crippen molar-refractivity contribution in [1.82, 2.24) is 5.32 Å². The highest BCUT2D eigenvalue weighted by Gasteiger charge is 2.14. The van der Waals surface area contributed by atoms with E-state index in [-0.39, 0.29) is 10.6 Å². The third-order valence-corrected chi connectivity index (χ3v) is 2.97. The van der Waals surface area contributed by atoms with E-state index in [1.54, 1.807) is 18.2 Å². The lowest BCUT2D eigenvalue weighted by atomic mass is 10.1. The number of hydrogen-bond acceptors (Lipinski definition) is 4. The summed E-state index contributed by atoms with van der Waals surface area (Å²) in [6, 6.07) is 10.8. The van der Waals surface area contributed by atoms with Crippen molar-refractivity contribution < 1.29 is 9.66 Å². The number of ether oxygens (including phenoxy) is 1. The fraction of sp³-hybridized carbons (Fsp3) is 0.333. The van der Waals surface area contributed by atoms with Crippen LogP contribution in [0.15, 0.2) is 36.4 Å². The first-order valence-electron chi connectivity index (χ1n) is 6.62. The number of nitrogens with zero attached hydrogens (tertiary/aromatic N) is 1. The molecule has 2 aromatic carbocycles. The molecule has 20 heavy (non-hydrogen) atoms. The van der Waals surface area contributed by atoms with Crippen molar-refractivity contribution in [3.8, 4) is 5.75 Å². The summed E-state index contributed by atoms with van der Waals surface area (Å²) in [5.41, 5.74) is 0.105. The first-order valence-corrected chi connectivity index (χ1v) is 6.62. The molecule has 106 valence electrons. The maximum Gasteiger partial charge on any atom is 0.277 e. The highest BCUT2D eigenvalue weighted by molar-refractivity contribution is 5.95. The summed E-state index contributed by atoms with van der Waals surface area (Å²) in [5.74, 6) is 0.678. The molecule has 0 aliphatic carbocycles. The number of hydrogen-bond donors (Lipinski definition) is 1. The Hall–Kier alpha value is -2.14. The standard InChI is InChI=1S/C15H18N2O3/c1-11(2)16-9-10-20-15-8-7-14(17(18)19)12-5-3-4-6-13(12)15/h3-8,11,16H,9-10H2,1-2H3. The molecule has 1 N–H and O–H groups in total. The molecule has 2 rings (SSSR count). The Morgan fingerprint density at radius 3 is 2.55 bits per heavy atom. The minimum absolute atomic E-state index is 0.105. The van der Waals surface area contributed by atoms with Crippen LogP contribution < -0.4 is 10.1 Å². The summed E-state index contributed by atoms with van der Waals surface area (Å²) in [4.78, 5) is 10.6. The van der Waals surface area contributed by atoms with E-state index in [1.165, 1.54) is 6.07 Å². The van der Waals surface area contributed by atoms with E-state index in [1.807, 2.05) is 12.1 Å². The Bertz CT molecular complexity index is 611. The number of nitro groups is 1. The predicted octanol–water partition coefficient (Wildman–Crippen LogP) is 3.12. The zero-order valence-electron chi connectivity index (χ0n) is 11.6. The third-order valence-electron chi connectivity index (χ3n) is 2.97. The van der Waals surface area contributed by atoms with Gasteiger partial charge in [-0.15, -0.1) is 0 Å².